The maximum atomic E-state index is 13.4. The standard InChI is InChI=1S/C20H23FN4O2.C12H12FN3.C12H8FN3.C7H13NO.C6H6BFO2.C6H4ClN3/c21-16-3-1-15(2-4-16)18-19-22-7-10-24(19)11-12-25(18)20(26)27-17-13-23-8-5-14(17)6-9-23;2*13-10-3-1-9(2-4-10)11-12-15-6-8-16(12)7-5-14-11;9-7-5-8-3-1-6(7)2-4-8;8-6-3-1-5(2-4-6)7(9)10;7-5-6-9-2-4-10(6)3-1-8-5/h1-4,7,10,14,17-18H,5-6,8-9,11-13H2;1-4,6,8,11,14H,5,7H2;1-8H;6-7,9H,1-5H2;1-4,9-10H;1-4H/t17-,18?;;;7-;;/m1..1../s1. The summed E-state index contributed by atoms with van der Waals surface area (Å²) < 4.78 is 65.1. The van der Waals surface area contributed by atoms with Crippen LogP contribution in [0.5, 0.6) is 0 Å². The highest BCUT2D eigenvalue weighted by atomic mass is 35.5. The van der Waals surface area contributed by atoms with Crippen molar-refractivity contribution in [3.8, 4) is 11.3 Å². The zero-order chi connectivity index (χ0) is 61.1. The molecule has 6 aromatic heterocycles. The molecule has 8 aliphatic rings. The zero-order valence-corrected chi connectivity index (χ0v) is 48.7. The first-order chi connectivity index (χ1) is 42.8. The Morgan fingerprint density at radius 3 is 1.59 bits per heavy atom. The van der Waals surface area contributed by atoms with E-state index < -0.39 is 7.12 Å². The van der Waals surface area contributed by atoms with Gasteiger partial charge in [-0.15, -0.1) is 0 Å². The van der Waals surface area contributed by atoms with Crippen molar-refractivity contribution in [2.75, 3.05) is 52.4 Å². The smallest absolute Gasteiger partial charge is 0.444 e. The Kier molecular flexibility index (Phi) is 20.0. The number of aliphatic hydroxyl groups is 1. The molecule has 88 heavy (non-hydrogen) atoms. The van der Waals surface area contributed by atoms with E-state index in [1.807, 2.05) is 44.4 Å². The highest BCUT2D eigenvalue weighted by Crippen LogP contribution is 2.35. The van der Waals surface area contributed by atoms with E-state index in [1.165, 1.54) is 86.6 Å². The fraction of sp³-hybridized carbons (Fsp3) is 0.317. The number of ether oxygens (including phenoxy) is 1. The molecule has 0 aliphatic carbocycles. The second-order valence-corrected chi connectivity index (χ2v) is 22.4. The van der Waals surface area contributed by atoms with Crippen LogP contribution in [0, 0.1) is 35.1 Å². The first kappa shape index (κ1) is 61.3. The van der Waals surface area contributed by atoms with Crippen LogP contribution in [0.25, 0.3) is 22.6 Å². The van der Waals surface area contributed by atoms with Gasteiger partial charge in [0.25, 0.3) is 0 Å². The number of nitrogens with zero attached hydrogens (tertiary/aromatic N) is 13. The van der Waals surface area contributed by atoms with Gasteiger partial charge in [0, 0.05) is 119 Å². The SMILES string of the molecule is Clc1nccn2ccnc12.Fc1ccc(-c2nccn3ccnc23)cc1.Fc1ccc(C2NCCn3ccnc32)cc1.O=C(O[C@@H]1CN2CCC1CC2)N1CCn2ccnc2C1c1ccc(F)cc1.OB(O)c1ccc(F)cc1.O[C@@H]1CN2CCC1CC2. The molecule has 19 nitrogen and oxygen atoms in total. The van der Waals surface area contributed by atoms with E-state index in [9.17, 15) is 27.5 Å². The van der Waals surface area contributed by atoms with Crippen molar-refractivity contribution in [1.29, 1.82) is 0 Å². The van der Waals surface area contributed by atoms with Gasteiger partial charge in [0.1, 0.15) is 52.8 Å². The van der Waals surface area contributed by atoms with Gasteiger partial charge in [-0.05, 0) is 141 Å². The van der Waals surface area contributed by atoms with Gasteiger partial charge < -0.3 is 48.0 Å². The van der Waals surface area contributed by atoms with E-state index in [0.29, 0.717) is 41.2 Å². The average molecular weight is 1220 g/mol. The van der Waals surface area contributed by atoms with Crippen molar-refractivity contribution in [2.24, 2.45) is 11.8 Å². The van der Waals surface area contributed by atoms with Gasteiger partial charge in [0.15, 0.2) is 16.4 Å². The van der Waals surface area contributed by atoms with Crippen LogP contribution >= 0.6 is 11.6 Å². The third-order valence-electron chi connectivity index (χ3n) is 16.6. The predicted octanol–water partition coefficient (Wildman–Crippen LogP) is 7.87. The predicted molar refractivity (Wildman–Crippen MR) is 323 cm³/mol. The molecule has 4 atom stereocenters. The molecule has 10 aromatic rings. The summed E-state index contributed by atoms with van der Waals surface area (Å²) >= 11 is 5.70. The van der Waals surface area contributed by atoms with Crippen LogP contribution in [0.1, 0.15) is 60.5 Å². The Balaban J connectivity index is 0.000000115. The number of hydrogen-bond acceptors (Lipinski definition) is 14. The monoisotopic (exact) mass is 1220 g/mol. The van der Waals surface area contributed by atoms with Crippen LogP contribution in [0.15, 0.2) is 171 Å². The molecule has 4 aromatic carbocycles. The molecule has 0 radical (unpaired) electrons. The van der Waals surface area contributed by atoms with Crippen LogP contribution in [0.4, 0.5) is 22.4 Å². The van der Waals surface area contributed by atoms with Crippen molar-refractivity contribution >= 4 is 41.6 Å². The van der Waals surface area contributed by atoms with Crippen molar-refractivity contribution in [3.63, 3.8) is 0 Å². The lowest BCUT2D eigenvalue weighted by Crippen LogP contribution is -2.53. The molecule has 6 fully saturated rings. The normalized spacial score (nSPS) is 21.9. The molecule has 14 heterocycles. The molecule has 2 unspecified atom stereocenters. The third-order valence-corrected chi connectivity index (χ3v) is 16.8. The summed E-state index contributed by atoms with van der Waals surface area (Å²) in [6.07, 6.45) is 25.8. The highest BCUT2D eigenvalue weighted by Gasteiger charge is 2.40. The topological polar surface area (TPSA) is 205 Å². The quantitative estimate of drug-likeness (QED) is 0.0957. The highest BCUT2D eigenvalue weighted by molar-refractivity contribution is 6.58. The van der Waals surface area contributed by atoms with Crippen molar-refractivity contribution < 1.29 is 42.2 Å². The van der Waals surface area contributed by atoms with E-state index in [0.717, 1.165) is 91.8 Å². The number of rotatable bonds is 5. The zero-order valence-electron chi connectivity index (χ0n) is 48.0. The summed E-state index contributed by atoms with van der Waals surface area (Å²) in [7, 11) is -1.51. The van der Waals surface area contributed by atoms with E-state index in [2.05, 4.69) is 49.6 Å². The molecule has 4 bridgehead atoms. The van der Waals surface area contributed by atoms with E-state index in [1.54, 1.807) is 84.7 Å². The maximum Gasteiger partial charge on any atom is 0.488 e. The van der Waals surface area contributed by atoms with Crippen LogP contribution in [-0.4, -0.2) is 155 Å². The number of carbonyl (C=O) groups excluding carboxylic acids is 1. The maximum absolute atomic E-state index is 13.4. The summed E-state index contributed by atoms with van der Waals surface area (Å²) in [5.74, 6) is 1.76. The van der Waals surface area contributed by atoms with Crippen LogP contribution < -0.4 is 10.8 Å². The van der Waals surface area contributed by atoms with E-state index >= 15 is 0 Å². The van der Waals surface area contributed by atoms with E-state index in [4.69, 9.17) is 26.4 Å². The van der Waals surface area contributed by atoms with Gasteiger partial charge in [-0.25, -0.2) is 47.3 Å². The van der Waals surface area contributed by atoms with Crippen molar-refractivity contribution in [3.05, 3.63) is 223 Å². The number of imidazole rings is 4. The summed E-state index contributed by atoms with van der Waals surface area (Å²) in [6, 6.07) is 23.8. The lowest BCUT2D eigenvalue weighted by molar-refractivity contribution is -0.0474. The van der Waals surface area contributed by atoms with Crippen molar-refractivity contribution in [2.45, 2.75) is 63.1 Å². The van der Waals surface area contributed by atoms with Gasteiger partial charge in [-0.3, -0.25) is 14.8 Å². The van der Waals surface area contributed by atoms with Gasteiger partial charge in [0.2, 0.25) is 0 Å². The minimum atomic E-state index is -1.51. The van der Waals surface area contributed by atoms with Crippen molar-refractivity contribution in [1.82, 2.24) is 67.9 Å². The average Bonchev–Trinajstić information content (AvgIpc) is 2.35. The van der Waals surface area contributed by atoms with Gasteiger partial charge in [-0.1, -0.05) is 48.0 Å². The summed E-state index contributed by atoms with van der Waals surface area (Å²) in [6.45, 7) is 9.51. The number of benzene rings is 4. The molecule has 1 amide bonds. The second kappa shape index (κ2) is 28.6. The molecule has 0 spiro atoms. The molecule has 8 aliphatic heterocycles. The minimum Gasteiger partial charge on any atom is -0.444 e. The fourth-order valence-corrected chi connectivity index (χ4v) is 12.0. The number of halogens is 5. The molecule has 0 saturated carbocycles. The molecule has 6 saturated heterocycles. The first-order valence-corrected chi connectivity index (χ1v) is 29.6. The Morgan fingerprint density at radius 2 is 1.05 bits per heavy atom. The largest absolute Gasteiger partial charge is 0.488 e. The number of nitrogens with one attached hydrogen (secondary N) is 1. The number of carbonyl (C=O) groups is 1. The molecule has 456 valence electrons. The molecule has 4 N–H and O–H groups in total. The fourth-order valence-electron chi connectivity index (χ4n) is 11.8. The lowest BCUT2D eigenvalue weighted by atomic mass is 9.80. The number of aromatic nitrogens is 10. The van der Waals surface area contributed by atoms with Gasteiger partial charge >= 0.3 is 13.2 Å². The Morgan fingerprint density at radius 1 is 0.545 bits per heavy atom. The van der Waals surface area contributed by atoms with Gasteiger partial charge in [-0.2, -0.15) is 0 Å². The second-order valence-electron chi connectivity index (χ2n) is 22.1. The Bertz CT molecular complexity index is 3840. The molecule has 25 heteroatoms. The lowest BCUT2D eigenvalue weighted by Gasteiger charge is -2.45. The number of piperidine rings is 6. The van der Waals surface area contributed by atoms with Gasteiger partial charge in [0.05, 0.1) is 12.1 Å². The summed E-state index contributed by atoms with van der Waals surface area (Å²) in [4.78, 5) is 44.7. The van der Waals surface area contributed by atoms with E-state index in [-0.39, 0.29) is 53.7 Å². The molecular weight excluding hydrogens is 1160 g/mol. The minimum absolute atomic E-state index is 0.00694. The third kappa shape index (κ3) is 15.0. The first-order valence-electron chi connectivity index (χ1n) is 29.3. The number of aliphatic hydroxyl groups excluding tert-OH is 1. The molecule has 18 rings (SSSR count). The number of hydrogen-bond donors (Lipinski definition) is 4. The Hall–Kier alpha value is -8.36. The summed E-state index contributed by atoms with van der Waals surface area (Å²) in [5, 5.41) is 30.3. The Labute approximate surface area is 510 Å². The number of amides is 1. The van der Waals surface area contributed by atoms with Crippen LogP contribution in [0.2, 0.25) is 5.15 Å². The van der Waals surface area contributed by atoms with Crippen LogP contribution in [-0.2, 0) is 17.8 Å². The number of fused-ring (bicyclic) bond motifs is 10. The summed E-state index contributed by atoms with van der Waals surface area (Å²) in [5.41, 5.74) is 5.27. The molecular formula is C63H66BClF4N14O5. The van der Waals surface area contributed by atoms with Crippen LogP contribution in [0.3, 0.4) is 0 Å².